The molecule has 1 amide bonds. The molecule has 0 saturated heterocycles. The van der Waals surface area contributed by atoms with Gasteiger partial charge in [0.1, 0.15) is 5.69 Å². The highest BCUT2D eigenvalue weighted by Gasteiger charge is 2.17. The number of nitrogens with zero attached hydrogens (tertiary/aromatic N) is 2. The summed E-state index contributed by atoms with van der Waals surface area (Å²) in [6, 6.07) is 1.28. The number of carbonyl (C=O) groups is 1. The predicted molar refractivity (Wildman–Crippen MR) is 89.6 cm³/mol. The van der Waals surface area contributed by atoms with Crippen LogP contribution in [-0.4, -0.2) is 22.6 Å². The number of hydrogen-bond acceptors (Lipinski definition) is 5. The Balaban J connectivity index is 1.82. The largest absolute Gasteiger partial charge is 0.491 e. The topological polar surface area (TPSA) is 73.2 Å². The first-order valence-electron chi connectivity index (χ1n) is 7.63. The summed E-state index contributed by atoms with van der Waals surface area (Å²) < 4.78 is 6.55. The van der Waals surface area contributed by atoms with Gasteiger partial charge in [0.25, 0.3) is 5.91 Å². The van der Waals surface area contributed by atoms with Gasteiger partial charge in [-0.1, -0.05) is 6.42 Å². The van der Waals surface area contributed by atoms with Crippen molar-refractivity contribution in [1.82, 2.24) is 9.55 Å². The summed E-state index contributed by atoms with van der Waals surface area (Å²) in [4.78, 5) is 30.1. The van der Waals surface area contributed by atoms with Crippen molar-refractivity contribution in [3.63, 3.8) is 0 Å². The molecule has 23 heavy (non-hydrogen) atoms. The smallest absolute Gasteiger partial charge is 0.274 e. The third-order valence-corrected chi connectivity index (χ3v) is 5.04. The molecule has 2 aromatic rings. The zero-order chi connectivity index (χ0) is 16.4. The van der Waals surface area contributed by atoms with Gasteiger partial charge in [0.05, 0.1) is 19.0 Å². The van der Waals surface area contributed by atoms with Crippen LogP contribution in [0.15, 0.2) is 17.1 Å². The molecule has 3 rings (SSSR count). The minimum Gasteiger partial charge on any atom is -0.491 e. The monoisotopic (exact) mass is 333 g/mol. The minimum atomic E-state index is -0.337. The second kappa shape index (κ2) is 6.54. The maximum atomic E-state index is 12.4. The Morgan fingerprint density at radius 2 is 2.13 bits per heavy atom. The normalized spacial score (nSPS) is 14.0. The van der Waals surface area contributed by atoms with E-state index in [9.17, 15) is 9.59 Å². The van der Waals surface area contributed by atoms with Gasteiger partial charge in [0.2, 0.25) is 5.43 Å². The molecule has 0 fully saturated rings. The molecule has 122 valence electrons. The standard InChI is InChI=1S/C16H19N3O3S/c1-19-9-13(22-2)12(20)8-11(19)15(21)18-16-17-10-6-4-3-5-7-14(10)23-16/h8-9H,3-7H2,1-2H3,(H,17,18,21). The van der Waals surface area contributed by atoms with Crippen LogP contribution in [0.5, 0.6) is 5.75 Å². The average Bonchev–Trinajstić information content (AvgIpc) is 2.77. The van der Waals surface area contributed by atoms with Crippen LogP contribution in [0, 0.1) is 0 Å². The summed E-state index contributed by atoms with van der Waals surface area (Å²) in [5.74, 6) is -0.124. The molecule has 0 radical (unpaired) electrons. The zero-order valence-electron chi connectivity index (χ0n) is 13.2. The molecule has 0 saturated carbocycles. The minimum absolute atomic E-state index is 0.213. The van der Waals surface area contributed by atoms with Gasteiger partial charge in [-0.15, -0.1) is 11.3 Å². The highest BCUT2D eigenvalue weighted by Crippen LogP contribution is 2.29. The molecule has 1 N–H and O–H groups in total. The molecule has 0 aliphatic heterocycles. The van der Waals surface area contributed by atoms with Crippen molar-refractivity contribution >= 4 is 22.4 Å². The van der Waals surface area contributed by atoms with Crippen LogP contribution in [0.2, 0.25) is 0 Å². The Kier molecular flexibility index (Phi) is 4.47. The van der Waals surface area contributed by atoms with E-state index in [-0.39, 0.29) is 22.8 Å². The van der Waals surface area contributed by atoms with E-state index in [1.165, 1.54) is 48.4 Å². The number of ether oxygens (including phenoxy) is 1. The molecule has 0 bridgehead atoms. The fraction of sp³-hybridized carbons (Fsp3) is 0.438. The van der Waals surface area contributed by atoms with Gasteiger partial charge in [-0.2, -0.15) is 0 Å². The van der Waals surface area contributed by atoms with Crippen molar-refractivity contribution in [3.05, 3.63) is 38.8 Å². The molecule has 0 atom stereocenters. The van der Waals surface area contributed by atoms with Crippen molar-refractivity contribution in [2.24, 2.45) is 7.05 Å². The summed E-state index contributed by atoms with van der Waals surface area (Å²) in [5, 5.41) is 3.41. The van der Waals surface area contributed by atoms with Crippen LogP contribution in [-0.2, 0) is 19.9 Å². The van der Waals surface area contributed by atoms with Crippen molar-refractivity contribution in [3.8, 4) is 5.75 Å². The fourth-order valence-corrected chi connectivity index (χ4v) is 3.77. The number of amides is 1. The first-order valence-corrected chi connectivity index (χ1v) is 8.44. The van der Waals surface area contributed by atoms with Crippen LogP contribution in [0.4, 0.5) is 5.13 Å². The number of thiazole rings is 1. The lowest BCUT2D eigenvalue weighted by Gasteiger charge is -2.09. The van der Waals surface area contributed by atoms with Gasteiger partial charge >= 0.3 is 0 Å². The number of aromatic nitrogens is 2. The van der Waals surface area contributed by atoms with Gasteiger partial charge in [-0.25, -0.2) is 4.98 Å². The SMILES string of the molecule is COc1cn(C)c(C(=O)Nc2nc3c(s2)CCCCC3)cc1=O. The molecule has 0 spiro atoms. The van der Waals surface area contributed by atoms with Crippen molar-refractivity contribution in [2.75, 3.05) is 12.4 Å². The van der Waals surface area contributed by atoms with Crippen molar-refractivity contribution in [2.45, 2.75) is 32.1 Å². The van der Waals surface area contributed by atoms with Crippen LogP contribution in [0.25, 0.3) is 0 Å². The molecule has 1 aliphatic rings. The number of hydrogen-bond donors (Lipinski definition) is 1. The zero-order valence-corrected chi connectivity index (χ0v) is 14.0. The van der Waals surface area contributed by atoms with Crippen LogP contribution >= 0.6 is 11.3 Å². The maximum Gasteiger partial charge on any atom is 0.274 e. The van der Waals surface area contributed by atoms with E-state index in [1.54, 1.807) is 11.6 Å². The van der Waals surface area contributed by atoms with Gasteiger partial charge in [-0.05, 0) is 25.7 Å². The lowest BCUT2D eigenvalue weighted by atomic mass is 10.2. The highest BCUT2D eigenvalue weighted by molar-refractivity contribution is 7.15. The Bertz CT molecular complexity index is 771. The molecular weight excluding hydrogens is 314 g/mol. The van der Waals surface area contributed by atoms with Crippen molar-refractivity contribution < 1.29 is 9.53 Å². The molecule has 2 heterocycles. The van der Waals surface area contributed by atoms with E-state index in [0.717, 1.165) is 25.0 Å². The fourth-order valence-electron chi connectivity index (χ4n) is 2.73. The molecule has 7 heteroatoms. The highest BCUT2D eigenvalue weighted by atomic mass is 32.1. The summed E-state index contributed by atoms with van der Waals surface area (Å²) >= 11 is 1.53. The summed E-state index contributed by atoms with van der Waals surface area (Å²) in [5.41, 5.74) is 1.07. The Morgan fingerprint density at radius 1 is 1.35 bits per heavy atom. The van der Waals surface area contributed by atoms with E-state index in [1.807, 2.05) is 0 Å². The first kappa shape index (κ1) is 15.7. The number of rotatable bonds is 3. The molecular formula is C16H19N3O3S. The number of carbonyl (C=O) groups excluding carboxylic acids is 1. The lowest BCUT2D eigenvalue weighted by Crippen LogP contribution is -2.21. The number of pyridine rings is 1. The Hall–Kier alpha value is -2.15. The number of anilines is 1. The van der Waals surface area contributed by atoms with E-state index >= 15 is 0 Å². The van der Waals surface area contributed by atoms with E-state index in [0.29, 0.717) is 5.13 Å². The molecule has 1 aliphatic carbocycles. The molecule has 2 aromatic heterocycles. The summed E-state index contributed by atoms with van der Waals surface area (Å²) in [6.07, 6.45) is 7.08. The molecule has 6 nitrogen and oxygen atoms in total. The summed E-state index contributed by atoms with van der Waals surface area (Å²) in [6.45, 7) is 0. The lowest BCUT2D eigenvalue weighted by molar-refractivity contribution is 0.101. The van der Waals surface area contributed by atoms with Gasteiger partial charge in [0, 0.05) is 18.0 Å². The number of aryl methyl sites for hydroxylation is 3. The average molecular weight is 333 g/mol. The van der Waals surface area contributed by atoms with Crippen LogP contribution in [0.3, 0.4) is 0 Å². The van der Waals surface area contributed by atoms with Crippen LogP contribution in [0.1, 0.15) is 40.3 Å². The maximum absolute atomic E-state index is 12.4. The van der Waals surface area contributed by atoms with E-state index in [2.05, 4.69) is 10.3 Å². The van der Waals surface area contributed by atoms with E-state index < -0.39 is 0 Å². The second-order valence-electron chi connectivity index (χ2n) is 5.61. The Labute approximate surface area is 138 Å². The molecule has 0 unspecified atom stereocenters. The van der Waals surface area contributed by atoms with Gasteiger partial charge in [0.15, 0.2) is 10.9 Å². The molecule has 0 aromatic carbocycles. The third-order valence-electron chi connectivity index (χ3n) is 3.97. The predicted octanol–water partition coefficient (Wildman–Crippen LogP) is 2.37. The van der Waals surface area contributed by atoms with Crippen LogP contribution < -0.4 is 15.5 Å². The van der Waals surface area contributed by atoms with E-state index in [4.69, 9.17) is 4.74 Å². The number of fused-ring (bicyclic) bond motifs is 1. The summed E-state index contributed by atoms with van der Waals surface area (Å²) in [7, 11) is 3.13. The first-order chi connectivity index (χ1) is 11.1. The quantitative estimate of drug-likeness (QED) is 0.875. The van der Waals surface area contributed by atoms with Crippen molar-refractivity contribution in [1.29, 1.82) is 0 Å². The Morgan fingerprint density at radius 3 is 2.91 bits per heavy atom. The second-order valence-corrected chi connectivity index (χ2v) is 6.69. The number of methoxy groups -OCH3 is 1. The van der Waals surface area contributed by atoms with Gasteiger partial charge in [-0.3, -0.25) is 14.9 Å². The van der Waals surface area contributed by atoms with Gasteiger partial charge < -0.3 is 9.30 Å². The number of nitrogens with one attached hydrogen (secondary N) is 1. The third kappa shape index (κ3) is 3.29.